The number of hydrogen-bond donors (Lipinski definition) is 1. The molecule has 0 aliphatic carbocycles. The molecular formula is C26H25ClN2O3. The third-order valence-electron chi connectivity index (χ3n) is 5.95. The number of ether oxygens (including phenoxy) is 1. The first-order valence-electron chi connectivity index (χ1n) is 10.5. The summed E-state index contributed by atoms with van der Waals surface area (Å²) in [4.78, 5) is 25.2. The Morgan fingerprint density at radius 1 is 1.00 bits per heavy atom. The van der Waals surface area contributed by atoms with Crippen molar-refractivity contribution in [1.82, 2.24) is 4.57 Å². The monoisotopic (exact) mass is 448 g/mol. The van der Waals surface area contributed by atoms with Gasteiger partial charge in [-0.3, -0.25) is 9.59 Å². The lowest BCUT2D eigenvalue weighted by atomic mass is 9.99. The quantitative estimate of drug-likeness (QED) is 0.382. The summed E-state index contributed by atoms with van der Waals surface area (Å²) in [6.07, 6.45) is 0. The number of amides is 1. The van der Waals surface area contributed by atoms with E-state index in [-0.39, 0.29) is 18.4 Å². The van der Waals surface area contributed by atoms with Gasteiger partial charge in [0.2, 0.25) is 5.91 Å². The summed E-state index contributed by atoms with van der Waals surface area (Å²) < 4.78 is 6.88. The largest absolute Gasteiger partial charge is 0.469 e. The SMILES string of the molecule is COC(=O)C(C)c1ccc2c3cc(Cl)ccc3n(CC(=O)Nc3c(C)cccc3C)c2c1. The molecule has 0 aliphatic heterocycles. The third kappa shape index (κ3) is 3.96. The second-order valence-corrected chi connectivity index (χ2v) is 8.52. The lowest BCUT2D eigenvalue weighted by molar-refractivity contribution is -0.142. The molecule has 3 aromatic carbocycles. The molecule has 1 atom stereocenters. The fourth-order valence-corrected chi connectivity index (χ4v) is 4.35. The number of methoxy groups -OCH3 is 1. The summed E-state index contributed by atoms with van der Waals surface area (Å²) in [5, 5.41) is 5.63. The number of aryl methyl sites for hydroxylation is 2. The summed E-state index contributed by atoms with van der Waals surface area (Å²) in [6.45, 7) is 5.90. The van der Waals surface area contributed by atoms with Crippen LogP contribution < -0.4 is 5.32 Å². The average molecular weight is 449 g/mol. The second kappa shape index (κ2) is 8.67. The van der Waals surface area contributed by atoms with Gasteiger partial charge in [-0.2, -0.15) is 0 Å². The number of hydrogen-bond acceptors (Lipinski definition) is 3. The number of carbonyl (C=O) groups excluding carboxylic acids is 2. The van der Waals surface area contributed by atoms with E-state index in [1.54, 1.807) is 0 Å². The molecule has 1 unspecified atom stereocenters. The first-order chi connectivity index (χ1) is 15.3. The molecule has 5 nitrogen and oxygen atoms in total. The lowest BCUT2D eigenvalue weighted by Gasteiger charge is -2.14. The maximum atomic E-state index is 13.1. The molecule has 4 aromatic rings. The summed E-state index contributed by atoms with van der Waals surface area (Å²) in [7, 11) is 1.38. The van der Waals surface area contributed by atoms with Crippen molar-refractivity contribution in [3.63, 3.8) is 0 Å². The van der Waals surface area contributed by atoms with E-state index in [0.29, 0.717) is 5.02 Å². The number of carbonyl (C=O) groups is 2. The lowest BCUT2D eigenvalue weighted by Crippen LogP contribution is -2.20. The van der Waals surface area contributed by atoms with Gasteiger partial charge in [-0.05, 0) is 61.7 Å². The highest BCUT2D eigenvalue weighted by atomic mass is 35.5. The Bertz CT molecular complexity index is 1340. The standard InChI is InChI=1S/C26H25ClN2O3/c1-15-6-5-7-16(2)25(15)28-24(30)14-29-22-11-9-19(27)13-21(22)20-10-8-18(12-23(20)29)17(3)26(31)32-4/h5-13,17H,14H2,1-4H3,(H,28,30). The van der Waals surface area contributed by atoms with Crippen LogP contribution in [0.1, 0.15) is 29.5 Å². The molecule has 0 spiro atoms. The molecule has 0 fully saturated rings. The smallest absolute Gasteiger partial charge is 0.312 e. The van der Waals surface area contributed by atoms with Gasteiger partial charge in [0.25, 0.3) is 0 Å². The van der Waals surface area contributed by atoms with Crippen LogP contribution in [0.4, 0.5) is 5.69 Å². The highest BCUT2D eigenvalue weighted by Gasteiger charge is 2.20. The molecule has 4 rings (SSSR count). The van der Waals surface area contributed by atoms with Crippen molar-refractivity contribution < 1.29 is 14.3 Å². The number of aromatic nitrogens is 1. The first-order valence-corrected chi connectivity index (χ1v) is 10.8. The van der Waals surface area contributed by atoms with Crippen LogP contribution in [0.3, 0.4) is 0 Å². The molecule has 164 valence electrons. The number of rotatable bonds is 5. The summed E-state index contributed by atoms with van der Waals surface area (Å²) in [5.41, 5.74) is 5.47. The van der Waals surface area contributed by atoms with Crippen molar-refractivity contribution in [2.75, 3.05) is 12.4 Å². The molecule has 6 heteroatoms. The Kier molecular flexibility index (Phi) is 5.94. The molecule has 0 aliphatic rings. The van der Waals surface area contributed by atoms with Crippen molar-refractivity contribution in [3.05, 3.63) is 76.3 Å². The van der Waals surface area contributed by atoms with Crippen LogP contribution in [-0.2, 0) is 20.9 Å². The van der Waals surface area contributed by atoms with E-state index >= 15 is 0 Å². The predicted octanol–water partition coefficient (Wildman–Crippen LogP) is 5.98. The van der Waals surface area contributed by atoms with Crippen molar-refractivity contribution in [1.29, 1.82) is 0 Å². The number of nitrogens with one attached hydrogen (secondary N) is 1. The average Bonchev–Trinajstić information content (AvgIpc) is 3.07. The van der Waals surface area contributed by atoms with E-state index in [0.717, 1.165) is 44.2 Å². The number of halogens is 1. The first kappa shape index (κ1) is 21.9. The highest BCUT2D eigenvalue weighted by molar-refractivity contribution is 6.32. The Morgan fingerprint density at radius 3 is 2.41 bits per heavy atom. The van der Waals surface area contributed by atoms with Gasteiger partial charge in [-0.25, -0.2) is 0 Å². The highest BCUT2D eigenvalue weighted by Crippen LogP contribution is 2.33. The minimum atomic E-state index is -0.414. The van der Waals surface area contributed by atoms with Crippen LogP contribution in [0.5, 0.6) is 0 Å². The zero-order valence-corrected chi connectivity index (χ0v) is 19.3. The zero-order chi connectivity index (χ0) is 23.0. The van der Waals surface area contributed by atoms with Crippen LogP contribution >= 0.6 is 11.6 Å². The molecule has 0 saturated carbocycles. The number of nitrogens with zero attached hydrogens (tertiary/aromatic N) is 1. The van der Waals surface area contributed by atoms with Crippen molar-refractivity contribution in [2.24, 2.45) is 0 Å². The molecule has 1 heterocycles. The maximum Gasteiger partial charge on any atom is 0.312 e. The number of para-hydroxylation sites is 1. The number of fused-ring (bicyclic) bond motifs is 3. The Morgan fingerprint density at radius 2 is 1.72 bits per heavy atom. The maximum absolute atomic E-state index is 13.1. The van der Waals surface area contributed by atoms with Crippen molar-refractivity contribution in [3.8, 4) is 0 Å². The van der Waals surface area contributed by atoms with E-state index in [1.807, 2.05) is 79.9 Å². The van der Waals surface area contributed by atoms with Gasteiger partial charge in [-0.15, -0.1) is 0 Å². The van der Waals surface area contributed by atoms with Crippen LogP contribution in [0.15, 0.2) is 54.6 Å². The van der Waals surface area contributed by atoms with Crippen LogP contribution in [-0.4, -0.2) is 23.6 Å². The van der Waals surface area contributed by atoms with Crippen LogP contribution in [0.25, 0.3) is 21.8 Å². The number of benzene rings is 3. The van der Waals surface area contributed by atoms with Gasteiger partial charge < -0.3 is 14.6 Å². The van der Waals surface area contributed by atoms with Gasteiger partial charge in [-0.1, -0.05) is 41.9 Å². The predicted molar refractivity (Wildman–Crippen MR) is 129 cm³/mol. The van der Waals surface area contributed by atoms with Crippen molar-refractivity contribution >= 4 is 51.0 Å². The molecule has 0 radical (unpaired) electrons. The minimum absolute atomic E-state index is 0.123. The van der Waals surface area contributed by atoms with E-state index in [1.165, 1.54) is 7.11 Å². The molecular weight excluding hydrogens is 424 g/mol. The van der Waals surface area contributed by atoms with Gasteiger partial charge in [0.1, 0.15) is 6.54 Å². The molecule has 0 saturated heterocycles. The Hall–Kier alpha value is -3.31. The molecule has 1 amide bonds. The van der Waals surface area contributed by atoms with Gasteiger partial charge in [0.05, 0.1) is 13.0 Å². The molecule has 1 N–H and O–H groups in total. The summed E-state index contributed by atoms with van der Waals surface area (Å²) >= 11 is 6.27. The van der Waals surface area contributed by atoms with Gasteiger partial charge in [0, 0.05) is 32.5 Å². The van der Waals surface area contributed by atoms with E-state index in [4.69, 9.17) is 16.3 Å². The van der Waals surface area contributed by atoms with Crippen LogP contribution in [0, 0.1) is 13.8 Å². The Labute approximate surface area is 191 Å². The molecule has 0 bridgehead atoms. The van der Waals surface area contributed by atoms with Crippen molar-refractivity contribution in [2.45, 2.75) is 33.2 Å². The van der Waals surface area contributed by atoms with Crippen LogP contribution in [0.2, 0.25) is 5.02 Å². The van der Waals surface area contributed by atoms with Gasteiger partial charge >= 0.3 is 5.97 Å². The number of esters is 1. The van der Waals surface area contributed by atoms with E-state index < -0.39 is 5.92 Å². The molecule has 32 heavy (non-hydrogen) atoms. The summed E-state index contributed by atoms with van der Waals surface area (Å²) in [6, 6.07) is 17.4. The summed E-state index contributed by atoms with van der Waals surface area (Å²) in [5.74, 6) is -0.840. The third-order valence-corrected chi connectivity index (χ3v) is 6.19. The topological polar surface area (TPSA) is 60.3 Å². The fourth-order valence-electron chi connectivity index (χ4n) is 4.18. The molecule has 1 aromatic heterocycles. The minimum Gasteiger partial charge on any atom is -0.469 e. The fraction of sp³-hybridized carbons (Fsp3) is 0.231. The van der Waals surface area contributed by atoms with E-state index in [9.17, 15) is 9.59 Å². The normalized spacial score (nSPS) is 12.2. The second-order valence-electron chi connectivity index (χ2n) is 8.08. The number of anilines is 1. The zero-order valence-electron chi connectivity index (χ0n) is 18.5. The Balaban J connectivity index is 1.80. The van der Waals surface area contributed by atoms with Gasteiger partial charge in [0.15, 0.2) is 0 Å². The van der Waals surface area contributed by atoms with E-state index in [2.05, 4.69) is 5.32 Å².